The second-order valence-corrected chi connectivity index (χ2v) is 4.96. The van der Waals surface area contributed by atoms with Crippen LogP contribution in [0.5, 0.6) is 0 Å². The van der Waals surface area contributed by atoms with Crippen LogP contribution < -0.4 is 5.73 Å². The summed E-state index contributed by atoms with van der Waals surface area (Å²) in [6.45, 7) is 0. The summed E-state index contributed by atoms with van der Waals surface area (Å²) in [6, 6.07) is 4.06. The molecule has 2 N–H and O–H groups in total. The summed E-state index contributed by atoms with van der Waals surface area (Å²) < 4.78 is 1.72. The Bertz CT molecular complexity index is 782. The molecule has 1 aliphatic carbocycles. The molecule has 0 amide bonds. The van der Waals surface area contributed by atoms with Gasteiger partial charge in [-0.3, -0.25) is 9.55 Å². The molecule has 0 aromatic carbocycles. The molecule has 21 heavy (non-hydrogen) atoms. The maximum Gasteiger partial charge on any atom is 0.239 e. The van der Waals surface area contributed by atoms with Gasteiger partial charge in [-0.2, -0.15) is 15.0 Å². The molecule has 3 heterocycles. The fourth-order valence-corrected chi connectivity index (χ4v) is 2.71. The summed E-state index contributed by atoms with van der Waals surface area (Å²) in [7, 11) is 0. The molecule has 0 fully saturated rings. The zero-order valence-corrected chi connectivity index (χ0v) is 11.2. The van der Waals surface area contributed by atoms with Crippen LogP contribution in [0.25, 0.3) is 5.95 Å². The molecule has 0 radical (unpaired) electrons. The van der Waals surface area contributed by atoms with Crippen molar-refractivity contribution >= 4 is 5.95 Å². The normalized spacial score (nSPS) is 16.9. The number of aryl methyl sites for hydroxylation is 1. The van der Waals surface area contributed by atoms with E-state index in [-0.39, 0.29) is 11.9 Å². The fourth-order valence-electron chi connectivity index (χ4n) is 2.71. The average Bonchev–Trinajstić information content (AvgIpc) is 3.16. The summed E-state index contributed by atoms with van der Waals surface area (Å²) in [6.07, 6.45) is 8.82. The van der Waals surface area contributed by atoms with Crippen molar-refractivity contribution in [2.45, 2.75) is 18.8 Å². The molecular weight excluding hydrogens is 266 g/mol. The SMILES string of the molecule is Nc1nc(C2CCc3cccnc32)nc(-n2ccnc2)n1. The molecule has 3 aromatic heterocycles. The van der Waals surface area contributed by atoms with Gasteiger partial charge in [0.05, 0.1) is 11.6 Å². The molecule has 7 heteroatoms. The number of aromatic nitrogens is 6. The third-order valence-electron chi connectivity index (χ3n) is 3.66. The number of rotatable bonds is 2. The van der Waals surface area contributed by atoms with Crippen LogP contribution in [0.4, 0.5) is 5.95 Å². The summed E-state index contributed by atoms with van der Waals surface area (Å²) in [5.41, 5.74) is 8.13. The maximum atomic E-state index is 5.84. The minimum absolute atomic E-state index is 0.0776. The van der Waals surface area contributed by atoms with Crippen molar-refractivity contribution in [2.75, 3.05) is 5.73 Å². The number of fused-ring (bicyclic) bond motifs is 1. The van der Waals surface area contributed by atoms with E-state index in [1.165, 1.54) is 5.56 Å². The molecule has 1 atom stereocenters. The number of hydrogen-bond donors (Lipinski definition) is 1. The van der Waals surface area contributed by atoms with Gasteiger partial charge in [0.25, 0.3) is 0 Å². The van der Waals surface area contributed by atoms with Crippen LogP contribution in [-0.2, 0) is 6.42 Å². The lowest BCUT2D eigenvalue weighted by Gasteiger charge is -2.11. The second kappa shape index (κ2) is 4.62. The van der Waals surface area contributed by atoms with Crippen LogP contribution >= 0.6 is 0 Å². The van der Waals surface area contributed by atoms with Gasteiger partial charge in [-0.25, -0.2) is 4.98 Å². The van der Waals surface area contributed by atoms with Crippen molar-refractivity contribution in [3.8, 4) is 5.95 Å². The van der Waals surface area contributed by atoms with Crippen molar-refractivity contribution in [1.29, 1.82) is 0 Å². The molecular formula is C14H13N7. The Kier molecular flexibility index (Phi) is 2.63. The van der Waals surface area contributed by atoms with Crippen LogP contribution in [0.2, 0.25) is 0 Å². The molecule has 104 valence electrons. The van der Waals surface area contributed by atoms with Gasteiger partial charge >= 0.3 is 0 Å². The van der Waals surface area contributed by atoms with E-state index >= 15 is 0 Å². The van der Waals surface area contributed by atoms with Gasteiger partial charge in [0.2, 0.25) is 11.9 Å². The quantitative estimate of drug-likeness (QED) is 0.755. The monoisotopic (exact) mass is 279 g/mol. The van der Waals surface area contributed by atoms with Gasteiger partial charge in [0.15, 0.2) is 0 Å². The highest BCUT2D eigenvalue weighted by Crippen LogP contribution is 2.34. The van der Waals surface area contributed by atoms with Crippen molar-refractivity contribution in [3.63, 3.8) is 0 Å². The third kappa shape index (κ3) is 2.03. The van der Waals surface area contributed by atoms with Crippen LogP contribution in [0.15, 0.2) is 37.1 Å². The van der Waals surface area contributed by atoms with Crippen molar-refractivity contribution < 1.29 is 0 Å². The summed E-state index contributed by atoms with van der Waals surface area (Å²) in [5, 5.41) is 0. The van der Waals surface area contributed by atoms with Gasteiger partial charge in [0.1, 0.15) is 12.2 Å². The average molecular weight is 279 g/mol. The van der Waals surface area contributed by atoms with Crippen LogP contribution in [-0.4, -0.2) is 29.5 Å². The second-order valence-electron chi connectivity index (χ2n) is 4.96. The lowest BCUT2D eigenvalue weighted by molar-refractivity contribution is 0.700. The smallest absolute Gasteiger partial charge is 0.239 e. The number of hydrogen-bond acceptors (Lipinski definition) is 6. The first-order chi connectivity index (χ1) is 10.3. The first kappa shape index (κ1) is 12.0. The minimum Gasteiger partial charge on any atom is -0.368 e. The van der Waals surface area contributed by atoms with E-state index in [0.29, 0.717) is 11.8 Å². The Hall–Kier alpha value is -2.83. The lowest BCUT2D eigenvalue weighted by Crippen LogP contribution is -2.12. The van der Waals surface area contributed by atoms with Gasteiger partial charge in [-0.1, -0.05) is 6.07 Å². The standard InChI is InChI=1S/C14H13N7/c15-13-18-12(19-14(20-13)21-7-6-16-8-21)10-4-3-9-2-1-5-17-11(9)10/h1-2,5-8,10H,3-4H2,(H2,15,18,19,20). The van der Waals surface area contributed by atoms with Crippen LogP contribution in [0.3, 0.4) is 0 Å². The van der Waals surface area contributed by atoms with Crippen LogP contribution in [0, 0.1) is 0 Å². The number of nitrogen functional groups attached to an aromatic ring is 1. The molecule has 1 unspecified atom stereocenters. The van der Waals surface area contributed by atoms with E-state index in [9.17, 15) is 0 Å². The van der Waals surface area contributed by atoms with E-state index in [1.807, 2.05) is 6.07 Å². The Morgan fingerprint density at radius 3 is 3.00 bits per heavy atom. The maximum absolute atomic E-state index is 5.84. The van der Waals surface area contributed by atoms with E-state index in [2.05, 4.69) is 31.0 Å². The highest BCUT2D eigenvalue weighted by molar-refractivity contribution is 5.35. The highest BCUT2D eigenvalue weighted by atomic mass is 15.2. The molecule has 7 nitrogen and oxygen atoms in total. The Labute approximate surface area is 120 Å². The molecule has 0 saturated heterocycles. The summed E-state index contributed by atoms with van der Waals surface area (Å²) in [5.74, 6) is 1.45. The molecule has 0 spiro atoms. The summed E-state index contributed by atoms with van der Waals surface area (Å²) in [4.78, 5) is 21.5. The molecule has 1 aliphatic rings. The van der Waals surface area contributed by atoms with Crippen molar-refractivity contribution in [2.24, 2.45) is 0 Å². The zero-order chi connectivity index (χ0) is 14.2. The highest BCUT2D eigenvalue weighted by Gasteiger charge is 2.28. The molecule has 0 aliphatic heterocycles. The van der Waals surface area contributed by atoms with Gasteiger partial charge in [0, 0.05) is 18.6 Å². The molecule has 0 bridgehead atoms. The number of nitrogens with zero attached hydrogens (tertiary/aromatic N) is 6. The number of nitrogens with two attached hydrogens (primary N) is 1. The van der Waals surface area contributed by atoms with Gasteiger partial charge in [-0.15, -0.1) is 0 Å². The lowest BCUT2D eigenvalue weighted by atomic mass is 10.1. The van der Waals surface area contributed by atoms with Gasteiger partial charge in [-0.05, 0) is 24.5 Å². The molecule has 0 saturated carbocycles. The van der Waals surface area contributed by atoms with Gasteiger partial charge < -0.3 is 5.73 Å². The predicted octanol–water partition coefficient (Wildman–Crippen LogP) is 1.11. The topological polar surface area (TPSA) is 95.4 Å². The number of anilines is 1. The number of imidazole rings is 1. The Balaban J connectivity index is 1.80. The minimum atomic E-state index is 0.0776. The van der Waals surface area contributed by atoms with Crippen LogP contribution in [0.1, 0.15) is 29.4 Å². The molecule has 3 aromatic rings. The van der Waals surface area contributed by atoms with E-state index in [1.54, 1.807) is 29.5 Å². The Morgan fingerprint density at radius 1 is 1.19 bits per heavy atom. The zero-order valence-electron chi connectivity index (χ0n) is 11.2. The fraction of sp³-hybridized carbons (Fsp3) is 0.214. The Morgan fingerprint density at radius 2 is 2.14 bits per heavy atom. The van der Waals surface area contributed by atoms with Crippen molar-refractivity contribution in [1.82, 2.24) is 29.5 Å². The van der Waals surface area contributed by atoms with E-state index in [0.717, 1.165) is 18.5 Å². The first-order valence-corrected chi connectivity index (χ1v) is 6.75. The molecule has 4 rings (SSSR count). The number of pyridine rings is 1. The first-order valence-electron chi connectivity index (χ1n) is 6.75. The predicted molar refractivity (Wildman–Crippen MR) is 75.8 cm³/mol. The van der Waals surface area contributed by atoms with E-state index < -0.39 is 0 Å². The summed E-state index contributed by atoms with van der Waals surface area (Å²) >= 11 is 0. The third-order valence-corrected chi connectivity index (χ3v) is 3.66. The van der Waals surface area contributed by atoms with E-state index in [4.69, 9.17) is 5.73 Å². The van der Waals surface area contributed by atoms with Crippen molar-refractivity contribution in [3.05, 3.63) is 54.1 Å². The largest absolute Gasteiger partial charge is 0.368 e.